The number of amides is 1. The molecule has 0 radical (unpaired) electrons. The van der Waals surface area contributed by atoms with Gasteiger partial charge < -0.3 is 4.74 Å². The zero-order valence-electron chi connectivity index (χ0n) is 13.6. The number of hydrogen-bond acceptors (Lipinski definition) is 7. The third-order valence-corrected chi connectivity index (χ3v) is 5.21. The van der Waals surface area contributed by atoms with E-state index in [1.54, 1.807) is 30.5 Å². The maximum Gasteiger partial charge on any atom is 0.387 e. The second kappa shape index (κ2) is 7.76. The van der Waals surface area contributed by atoms with E-state index >= 15 is 0 Å². The van der Waals surface area contributed by atoms with E-state index in [9.17, 15) is 23.7 Å². The molecule has 3 rings (SSSR count). The number of para-hydroxylation sites is 1. The average Bonchev–Trinajstić information content (AvgIpc) is 3.21. The molecular formula is C16H11F2N3O4S2. The van der Waals surface area contributed by atoms with Crippen molar-refractivity contribution in [1.82, 2.24) is 4.98 Å². The van der Waals surface area contributed by atoms with Gasteiger partial charge in [0.15, 0.2) is 5.13 Å². The molecule has 2 heterocycles. The molecule has 27 heavy (non-hydrogen) atoms. The number of halogens is 2. The van der Waals surface area contributed by atoms with Crippen LogP contribution in [0.2, 0.25) is 0 Å². The van der Waals surface area contributed by atoms with Crippen molar-refractivity contribution in [2.75, 3.05) is 5.32 Å². The molecule has 0 bridgehead atoms. The molecule has 0 saturated heterocycles. The van der Waals surface area contributed by atoms with Gasteiger partial charge in [-0.1, -0.05) is 12.1 Å². The average molecular weight is 411 g/mol. The molecule has 7 nitrogen and oxygen atoms in total. The van der Waals surface area contributed by atoms with Crippen LogP contribution < -0.4 is 10.1 Å². The molecule has 1 aromatic carbocycles. The second-order valence-corrected chi connectivity index (χ2v) is 7.29. The molecule has 0 aliphatic rings. The summed E-state index contributed by atoms with van der Waals surface area (Å²) in [7, 11) is 0. The second-order valence-electron chi connectivity index (χ2n) is 5.18. The SMILES string of the molecule is Cc1sc(C(=O)Nc2nc(-c3ccccc3OC(F)F)cs2)cc1[N+](=O)[O-]. The van der Waals surface area contributed by atoms with Crippen LogP contribution in [0.5, 0.6) is 5.75 Å². The highest BCUT2D eigenvalue weighted by Crippen LogP contribution is 2.34. The number of hydrogen-bond donors (Lipinski definition) is 1. The number of nitrogens with one attached hydrogen (secondary N) is 1. The van der Waals surface area contributed by atoms with Crippen molar-refractivity contribution in [2.45, 2.75) is 13.5 Å². The van der Waals surface area contributed by atoms with Gasteiger partial charge in [-0.3, -0.25) is 20.2 Å². The number of benzene rings is 1. The predicted octanol–water partition coefficient (Wildman–Crippen LogP) is 4.94. The highest BCUT2D eigenvalue weighted by atomic mass is 32.1. The van der Waals surface area contributed by atoms with Crippen LogP contribution in [0.4, 0.5) is 19.6 Å². The topological polar surface area (TPSA) is 94.4 Å². The number of alkyl halides is 2. The van der Waals surface area contributed by atoms with E-state index < -0.39 is 17.4 Å². The van der Waals surface area contributed by atoms with Crippen LogP contribution in [-0.4, -0.2) is 22.4 Å². The number of rotatable bonds is 6. The molecule has 1 amide bonds. The van der Waals surface area contributed by atoms with Crippen molar-refractivity contribution in [3.8, 4) is 17.0 Å². The number of aryl methyl sites for hydroxylation is 1. The van der Waals surface area contributed by atoms with E-state index in [-0.39, 0.29) is 21.4 Å². The fraction of sp³-hybridized carbons (Fsp3) is 0.125. The van der Waals surface area contributed by atoms with Crippen LogP contribution >= 0.6 is 22.7 Å². The Morgan fingerprint density at radius 3 is 2.78 bits per heavy atom. The quantitative estimate of drug-likeness (QED) is 0.458. The van der Waals surface area contributed by atoms with Crippen LogP contribution in [0, 0.1) is 17.0 Å². The van der Waals surface area contributed by atoms with E-state index in [2.05, 4.69) is 15.0 Å². The van der Waals surface area contributed by atoms with Gasteiger partial charge in [-0.2, -0.15) is 8.78 Å². The summed E-state index contributed by atoms with van der Waals surface area (Å²) in [5, 5.41) is 15.3. The molecule has 0 saturated carbocycles. The number of anilines is 1. The molecule has 0 atom stereocenters. The minimum atomic E-state index is -2.97. The van der Waals surface area contributed by atoms with Crippen molar-refractivity contribution in [3.05, 3.63) is 55.6 Å². The molecule has 0 aliphatic heterocycles. The zero-order chi connectivity index (χ0) is 19.6. The number of thiazole rings is 1. The van der Waals surface area contributed by atoms with Gasteiger partial charge in [0.25, 0.3) is 11.6 Å². The first-order valence-electron chi connectivity index (χ1n) is 7.41. The van der Waals surface area contributed by atoms with Gasteiger partial charge >= 0.3 is 6.61 Å². The van der Waals surface area contributed by atoms with E-state index in [1.807, 2.05) is 0 Å². The summed E-state index contributed by atoms with van der Waals surface area (Å²) in [6.07, 6.45) is 0. The molecule has 2 aromatic heterocycles. The largest absolute Gasteiger partial charge is 0.434 e. The Bertz CT molecular complexity index is 1000. The van der Waals surface area contributed by atoms with Gasteiger partial charge in [-0.25, -0.2) is 4.98 Å². The van der Waals surface area contributed by atoms with Gasteiger partial charge in [0.1, 0.15) is 5.75 Å². The Kier molecular flexibility index (Phi) is 5.42. The third kappa shape index (κ3) is 4.26. The maximum absolute atomic E-state index is 12.5. The molecule has 0 unspecified atom stereocenters. The van der Waals surface area contributed by atoms with Crippen LogP contribution in [-0.2, 0) is 0 Å². The smallest absolute Gasteiger partial charge is 0.387 e. The molecule has 1 N–H and O–H groups in total. The fourth-order valence-electron chi connectivity index (χ4n) is 2.26. The Morgan fingerprint density at radius 2 is 2.11 bits per heavy atom. The first-order chi connectivity index (χ1) is 12.8. The summed E-state index contributed by atoms with van der Waals surface area (Å²) in [6, 6.07) is 7.38. The number of ether oxygens (including phenoxy) is 1. The Labute approximate surface area is 159 Å². The fourth-order valence-corrected chi connectivity index (χ4v) is 3.84. The lowest BCUT2D eigenvalue weighted by atomic mass is 10.1. The highest BCUT2D eigenvalue weighted by Gasteiger charge is 2.21. The summed E-state index contributed by atoms with van der Waals surface area (Å²) in [4.78, 5) is 27.4. The summed E-state index contributed by atoms with van der Waals surface area (Å²) in [6.45, 7) is -1.41. The van der Waals surface area contributed by atoms with Crippen LogP contribution in [0.1, 0.15) is 14.5 Å². The van der Waals surface area contributed by atoms with Crippen molar-refractivity contribution in [3.63, 3.8) is 0 Å². The predicted molar refractivity (Wildman–Crippen MR) is 97.8 cm³/mol. The van der Waals surface area contributed by atoms with E-state index in [0.717, 1.165) is 22.7 Å². The van der Waals surface area contributed by atoms with Crippen molar-refractivity contribution < 1.29 is 23.2 Å². The lowest BCUT2D eigenvalue weighted by Gasteiger charge is -2.08. The molecule has 140 valence electrons. The monoisotopic (exact) mass is 411 g/mol. The number of aromatic nitrogens is 1. The van der Waals surface area contributed by atoms with Gasteiger partial charge in [0.05, 0.1) is 20.4 Å². The minimum Gasteiger partial charge on any atom is -0.434 e. The summed E-state index contributed by atoms with van der Waals surface area (Å²) < 4.78 is 29.5. The number of carbonyl (C=O) groups excluding carboxylic acids is 1. The van der Waals surface area contributed by atoms with Crippen LogP contribution in [0.15, 0.2) is 35.7 Å². The molecule has 0 aliphatic carbocycles. The minimum absolute atomic E-state index is 0.0276. The summed E-state index contributed by atoms with van der Waals surface area (Å²) in [5.41, 5.74) is 0.597. The van der Waals surface area contributed by atoms with Crippen LogP contribution in [0.25, 0.3) is 11.3 Å². The molecule has 0 spiro atoms. The van der Waals surface area contributed by atoms with Crippen molar-refractivity contribution in [2.24, 2.45) is 0 Å². The highest BCUT2D eigenvalue weighted by molar-refractivity contribution is 7.15. The van der Waals surface area contributed by atoms with Gasteiger partial charge in [0, 0.05) is 17.0 Å². The van der Waals surface area contributed by atoms with Gasteiger partial charge in [0.2, 0.25) is 0 Å². The molecule has 3 aromatic rings. The summed E-state index contributed by atoms with van der Waals surface area (Å²) >= 11 is 2.10. The Morgan fingerprint density at radius 1 is 1.37 bits per heavy atom. The van der Waals surface area contributed by atoms with Crippen LogP contribution in [0.3, 0.4) is 0 Å². The first kappa shape index (κ1) is 18.9. The number of nitro groups is 1. The molecule has 11 heteroatoms. The molecule has 0 fully saturated rings. The standard InChI is InChI=1S/C16H11F2N3O4S2/c1-8-11(21(23)24)6-13(27-8)14(22)20-16-19-10(7-26-16)9-4-2-3-5-12(9)25-15(17)18/h2-7,15H,1H3,(H,19,20,22). The third-order valence-electron chi connectivity index (χ3n) is 3.42. The first-order valence-corrected chi connectivity index (χ1v) is 9.10. The lowest BCUT2D eigenvalue weighted by molar-refractivity contribution is -0.385. The van der Waals surface area contributed by atoms with Crippen molar-refractivity contribution >= 4 is 39.4 Å². The lowest BCUT2D eigenvalue weighted by Crippen LogP contribution is -2.09. The number of nitrogens with zero attached hydrogens (tertiary/aromatic N) is 2. The Hall–Kier alpha value is -2.92. The number of carbonyl (C=O) groups is 1. The normalized spacial score (nSPS) is 10.8. The van der Waals surface area contributed by atoms with E-state index in [4.69, 9.17) is 0 Å². The Balaban J connectivity index is 1.80. The zero-order valence-corrected chi connectivity index (χ0v) is 15.3. The number of thiophene rings is 1. The van der Waals surface area contributed by atoms with Gasteiger partial charge in [-0.15, -0.1) is 22.7 Å². The van der Waals surface area contributed by atoms with E-state index in [0.29, 0.717) is 16.1 Å². The summed E-state index contributed by atoms with van der Waals surface area (Å²) in [5.74, 6) is -0.561. The molecular weight excluding hydrogens is 400 g/mol. The maximum atomic E-state index is 12.5. The van der Waals surface area contributed by atoms with Gasteiger partial charge in [-0.05, 0) is 19.1 Å². The van der Waals surface area contributed by atoms with Crippen molar-refractivity contribution in [1.29, 1.82) is 0 Å². The van der Waals surface area contributed by atoms with E-state index in [1.165, 1.54) is 12.1 Å².